The zero-order valence-electron chi connectivity index (χ0n) is 40.9. The van der Waals surface area contributed by atoms with Gasteiger partial charge >= 0.3 is 0 Å². The maximum Gasteiger partial charge on any atom is 0.248 e. The van der Waals surface area contributed by atoms with E-state index in [0.29, 0.717) is 42.9 Å². The molecule has 0 bridgehead atoms. The lowest BCUT2D eigenvalue weighted by Crippen LogP contribution is -2.58. The lowest BCUT2D eigenvalue weighted by atomic mass is 9.70. The van der Waals surface area contributed by atoms with Gasteiger partial charge in [0.1, 0.15) is 25.3 Å². The first-order valence-corrected chi connectivity index (χ1v) is 24.8. The molecule has 2 saturated heterocycles. The number of hydrogen-bond acceptors (Lipinski definition) is 12. The molecule has 70 heavy (non-hydrogen) atoms. The number of benzene rings is 3. The summed E-state index contributed by atoms with van der Waals surface area (Å²) in [5.74, 6) is -1.57. The molecule has 4 heterocycles. The number of β-amino-alcohol motifs (C(OH)–C–C–N with tert-alkyl or cyclic N) is 1. The fourth-order valence-corrected chi connectivity index (χ4v) is 10.7. The third kappa shape index (κ3) is 10.2. The molecule has 2 aromatic heterocycles. The number of aryl methyl sites for hydroxylation is 2. The normalized spacial score (nSPS) is 18.0. The summed E-state index contributed by atoms with van der Waals surface area (Å²) < 4.78 is 11.2. The quantitative estimate of drug-likeness (QED) is 0.0978. The first kappa shape index (κ1) is 50.0. The minimum absolute atomic E-state index is 0.0266. The third-order valence-electron chi connectivity index (χ3n) is 13.8. The zero-order valence-corrected chi connectivity index (χ0v) is 41.8. The maximum atomic E-state index is 14.1. The second kappa shape index (κ2) is 20.5. The molecule has 17 heteroatoms. The van der Waals surface area contributed by atoms with E-state index in [9.17, 15) is 34.3 Å². The van der Waals surface area contributed by atoms with E-state index in [-0.39, 0.29) is 63.5 Å². The van der Waals surface area contributed by atoms with Gasteiger partial charge in [-0.2, -0.15) is 5.26 Å². The molecule has 368 valence electrons. The van der Waals surface area contributed by atoms with Crippen LogP contribution >= 0.6 is 11.3 Å². The van der Waals surface area contributed by atoms with Crippen LogP contribution in [0.5, 0.6) is 0 Å². The van der Waals surface area contributed by atoms with Crippen molar-refractivity contribution in [3.05, 3.63) is 105 Å². The summed E-state index contributed by atoms with van der Waals surface area (Å²) in [5.41, 5.74) is 9.97. The van der Waals surface area contributed by atoms with Gasteiger partial charge in [-0.05, 0) is 65.3 Å². The average Bonchev–Trinajstić information content (AvgIpc) is 4.08. The van der Waals surface area contributed by atoms with Crippen molar-refractivity contribution >= 4 is 57.3 Å². The van der Waals surface area contributed by atoms with E-state index in [1.807, 2.05) is 64.1 Å². The van der Waals surface area contributed by atoms with E-state index >= 15 is 0 Å². The molecular weight excluding hydrogens is 909 g/mol. The van der Waals surface area contributed by atoms with Crippen LogP contribution in [0.25, 0.3) is 21.3 Å². The Bertz CT molecular complexity index is 2850. The summed E-state index contributed by atoms with van der Waals surface area (Å²) >= 11 is 1.57. The number of fused-ring (bicyclic) bond motifs is 4. The number of nitrogens with zero attached hydrogens (tertiary/aromatic N) is 5. The number of carbonyl (C=O) groups is 5. The third-order valence-corrected chi connectivity index (χ3v) is 14.8. The van der Waals surface area contributed by atoms with Crippen LogP contribution in [0.3, 0.4) is 0 Å². The van der Waals surface area contributed by atoms with Gasteiger partial charge in [-0.3, -0.25) is 24.0 Å². The predicted molar refractivity (Wildman–Crippen MR) is 266 cm³/mol. The highest BCUT2D eigenvalue weighted by molar-refractivity contribution is 7.13. The van der Waals surface area contributed by atoms with Crippen LogP contribution in [-0.2, 0) is 47.0 Å². The molecule has 2 fully saturated rings. The van der Waals surface area contributed by atoms with E-state index in [1.54, 1.807) is 33.9 Å². The number of piperazine rings is 1. The molecule has 1 aliphatic carbocycles. The van der Waals surface area contributed by atoms with Gasteiger partial charge in [-0.1, -0.05) is 71.9 Å². The number of ketones is 1. The van der Waals surface area contributed by atoms with E-state index in [0.717, 1.165) is 61.5 Å². The number of aliphatic hydroxyl groups excluding tert-OH is 1. The van der Waals surface area contributed by atoms with Crippen molar-refractivity contribution in [3.8, 4) is 16.5 Å². The number of hydrogen-bond donors (Lipinski definition) is 4. The Morgan fingerprint density at radius 1 is 1.01 bits per heavy atom. The Morgan fingerprint density at radius 3 is 2.39 bits per heavy atom. The summed E-state index contributed by atoms with van der Waals surface area (Å²) in [4.78, 5) is 82.2. The SMILES string of the molecule is CCc1cc2c(cc1N1CCN(C(=O)COCCOCC(=O)N[C@H](C(=O)N3C[C@H](O)C[C@H]3C(=O)NCc3ccc(-c4scnc4C)cc3)C(C)(C)C)CC1)C(C)(C)c1[nH]c3cc(C#N)ccc3c1C2=O. The van der Waals surface area contributed by atoms with Gasteiger partial charge < -0.3 is 44.9 Å². The van der Waals surface area contributed by atoms with Gasteiger partial charge in [0.05, 0.1) is 52.6 Å². The van der Waals surface area contributed by atoms with Gasteiger partial charge in [-0.15, -0.1) is 11.3 Å². The van der Waals surface area contributed by atoms with Crippen LogP contribution in [0.1, 0.15) is 97.5 Å². The summed E-state index contributed by atoms with van der Waals surface area (Å²) in [7, 11) is 0. The van der Waals surface area contributed by atoms with Crippen molar-refractivity contribution in [1.82, 2.24) is 30.4 Å². The summed E-state index contributed by atoms with van der Waals surface area (Å²) in [5, 5.41) is 26.6. The van der Waals surface area contributed by atoms with Gasteiger partial charge in [0.2, 0.25) is 23.6 Å². The van der Waals surface area contributed by atoms with Crippen molar-refractivity contribution < 1.29 is 38.6 Å². The number of ether oxygens (including phenoxy) is 2. The highest BCUT2D eigenvalue weighted by Gasteiger charge is 2.45. The van der Waals surface area contributed by atoms with E-state index in [2.05, 4.69) is 58.4 Å². The molecule has 5 aromatic rings. The number of aliphatic hydroxyl groups is 1. The molecule has 0 saturated carbocycles. The van der Waals surface area contributed by atoms with Crippen molar-refractivity contribution in [1.29, 1.82) is 5.26 Å². The van der Waals surface area contributed by atoms with Gasteiger partial charge in [0.15, 0.2) is 5.78 Å². The van der Waals surface area contributed by atoms with E-state index in [1.165, 1.54) is 4.90 Å². The maximum absolute atomic E-state index is 14.1. The molecule has 4 N–H and O–H groups in total. The number of H-pyrrole nitrogens is 1. The van der Waals surface area contributed by atoms with Crippen LogP contribution in [0.2, 0.25) is 0 Å². The Balaban J connectivity index is 0.780. The standard InChI is InChI=1S/C53H62N8O8S/c1-8-34-22-38-39(53(6,7)48-45(46(38)65)37-14-11-33(25-54)21-40(37)57-48)24-41(34)59-15-17-60(18-16-59)44(64)29-69-20-19-68-28-43(63)58-49(52(3,4)5)51(67)61-27-36(62)23-42(61)50(66)55-26-32-9-12-35(13-10-32)47-31(2)56-30-70-47/h9-14,21-22,24,30,36,42,49,57,62H,8,15-20,23,26-29H2,1-7H3,(H,55,66)(H,58,63)/t36-,42+,49-/m1/s1. The average molecular weight is 971 g/mol. The largest absolute Gasteiger partial charge is 0.391 e. The molecule has 0 spiro atoms. The number of nitrogens with one attached hydrogen (secondary N) is 3. The number of aromatic nitrogens is 2. The minimum Gasteiger partial charge on any atom is -0.391 e. The van der Waals surface area contributed by atoms with Crippen LogP contribution in [0.15, 0.2) is 60.1 Å². The summed E-state index contributed by atoms with van der Waals surface area (Å²) in [6, 6.07) is 17.7. The number of amides is 4. The fraction of sp³-hybridized carbons (Fsp3) is 0.453. The lowest BCUT2D eigenvalue weighted by molar-refractivity contribution is -0.144. The number of anilines is 1. The van der Waals surface area contributed by atoms with Crippen molar-refractivity contribution in [2.45, 2.75) is 91.5 Å². The van der Waals surface area contributed by atoms with Crippen molar-refractivity contribution in [3.63, 3.8) is 0 Å². The number of carbonyl (C=O) groups excluding carboxylic acids is 5. The monoisotopic (exact) mass is 970 g/mol. The molecular formula is C53H62N8O8S. The topological polar surface area (TPSA) is 210 Å². The predicted octanol–water partition coefficient (Wildman–Crippen LogP) is 5.40. The second-order valence-electron chi connectivity index (χ2n) is 20.0. The summed E-state index contributed by atoms with van der Waals surface area (Å²) in [6.45, 7) is 15.7. The number of thiazole rings is 1. The first-order chi connectivity index (χ1) is 33.4. The smallest absolute Gasteiger partial charge is 0.248 e. The minimum atomic E-state index is -1.01. The lowest BCUT2D eigenvalue weighted by Gasteiger charge is -2.39. The fourth-order valence-electron chi connectivity index (χ4n) is 9.87. The Labute approximate surface area is 412 Å². The Hall–Kier alpha value is -6.45. The Kier molecular flexibility index (Phi) is 14.6. The first-order valence-electron chi connectivity index (χ1n) is 23.9. The number of rotatable bonds is 15. The highest BCUT2D eigenvalue weighted by Crippen LogP contribution is 2.46. The molecule has 2 aliphatic heterocycles. The van der Waals surface area contributed by atoms with E-state index in [4.69, 9.17) is 9.47 Å². The summed E-state index contributed by atoms with van der Waals surface area (Å²) in [6.07, 6.45) is -0.0910. The second-order valence-corrected chi connectivity index (χ2v) is 20.9. The van der Waals surface area contributed by atoms with Gasteiger partial charge in [-0.25, -0.2) is 4.98 Å². The van der Waals surface area contributed by atoms with E-state index < -0.39 is 40.8 Å². The molecule has 4 amide bonds. The number of likely N-dealkylation sites (tertiary alicyclic amines) is 1. The molecule has 3 aromatic carbocycles. The molecule has 8 rings (SSSR count). The molecule has 0 unspecified atom stereocenters. The molecule has 3 aliphatic rings. The van der Waals surface area contributed by atoms with Crippen LogP contribution in [0.4, 0.5) is 5.69 Å². The van der Waals surface area contributed by atoms with Crippen LogP contribution in [0, 0.1) is 23.7 Å². The highest BCUT2D eigenvalue weighted by atomic mass is 32.1. The molecule has 0 radical (unpaired) electrons. The van der Waals surface area contributed by atoms with Crippen LogP contribution in [-0.4, -0.2) is 132 Å². The van der Waals surface area contributed by atoms with Crippen molar-refractivity contribution in [2.75, 3.05) is 64.1 Å². The number of nitriles is 1. The molecule has 3 atom stereocenters. The van der Waals surface area contributed by atoms with Crippen molar-refractivity contribution in [2.24, 2.45) is 5.41 Å². The Morgan fingerprint density at radius 2 is 1.73 bits per heavy atom. The van der Waals surface area contributed by atoms with Crippen LogP contribution < -0.4 is 15.5 Å². The molecule has 16 nitrogen and oxygen atoms in total. The van der Waals surface area contributed by atoms with Gasteiger partial charge in [0.25, 0.3) is 0 Å². The zero-order chi connectivity index (χ0) is 50.1. The number of aromatic amines is 1. The van der Waals surface area contributed by atoms with Gasteiger partial charge in [0, 0.05) is 79.0 Å².